The van der Waals surface area contributed by atoms with E-state index >= 15 is 0 Å². The molecule has 1 fully saturated rings. The Kier molecular flexibility index (Phi) is 5.47. The lowest BCUT2D eigenvalue weighted by atomic mass is 10.2. The lowest BCUT2D eigenvalue weighted by Crippen LogP contribution is -2.31. The average Bonchev–Trinajstić information content (AvgIpc) is 3.11. The summed E-state index contributed by atoms with van der Waals surface area (Å²) in [6, 6.07) is 2.72. The summed E-state index contributed by atoms with van der Waals surface area (Å²) in [4.78, 5) is 20.9. The van der Waals surface area contributed by atoms with Crippen molar-refractivity contribution in [2.45, 2.75) is 17.4 Å². The number of rotatable bonds is 6. The van der Waals surface area contributed by atoms with E-state index in [1.165, 1.54) is 10.5 Å². The van der Waals surface area contributed by atoms with Crippen LogP contribution in [0.5, 0.6) is 5.88 Å². The van der Waals surface area contributed by atoms with Crippen molar-refractivity contribution in [3.63, 3.8) is 0 Å². The molecular formula is C17H19FN4O5S. The molecule has 1 saturated heterocycles. The van der Waals surface area contributed by atoms with E-state index in [4.69, 9.17) is 9.84 Å². The highest BCUT2D eigenvalue weighted by molar-refractivity contribution is 7.89. The van der Waals surface area contributed by atoms with Crippen molar-refractivity contribution in [1.29, 1.82) is 0 Å². The molecule has 28 heavy (non-hydrogen) atoms. The molecular weight excluding hydrogens is 391 g/mol. The normalized spacial score (nSPS) is 17.5. The number of carbonyl (C=O) groups is 1. The van der Waals surface area contributed by atoms with Gasteiger partial charge in [-0.1, -0.05) is 0 Å². The fourth-order valence-corrected chi connectivity index (χ4v) is 4.28. The number of carboxylic acids is 1. The summed E-state index contributed by atoms with van der Waals surface area (Å²) < 4.78 is 46.0. The molecule has 3 rings (SSSR count). The number of ether oxygens (including phenoxy) is 1. The molecule has 1 atom stereocenters. The first-order valence-electron chi connectivity index (χ1n) is 8.37. The molecule has 150 valence electrons. The SMILES string of the molecule is CN(C)c1cncc(OC2CCN(S(=O)(=O)c3ccc(F)c(C(=O)O)c3)C2)n1. The van der Waals surface area contributed by atoms with Crippen LogP contribution in [-0.2, 0) is 10.0 Å². The van der Waals surface area contributed by atoms with Gasteiger partial charge < -0.3 is 14.7 Å². The molecule has 1 aromatic carbocycles. The van der Waals surface area contributed by atoms with Crippen molar-refractivity contribution in [2.75, 3.05) is 32.1 Å². The van der Waals surface area contributed by atoms with E-state index in [0.29, 0.717) is 12.2 Å². The van der Waals surface area contributed by atoms with Crippen LogP contribution in [0.15, 0.2) is 35.5 Å². The lowest BCUT2D eigenvalue weighted by Gasteiger charge is -2.18. The smallest absolute Gasteiger partial charge is 0.338 e. The van der Waals surface area contributed by atoms with Gasteiger partial charge in [0.15, 0.2) is 5.82 Å². The number of sulfonamides is 1. The maximum atomic E-state index is 13.6. The fraction of sp³-hybridized carbons (Fsp3) is 0.353. The first kappa shape index (κ1) is 20.0. The molecule has 0 spiro atoms. The molecule has 9 nitrogen and oxygen atoms in total. The average molecular weight is 410 g/mol. The number of anilines is 1. The van der Waals surface area contributed by atoms with Gasteiger partial charge in [0.25, 0.3) is 0 Å². The Bertz CT molecular complexity index is 999. The van der Waals surface area contributed by atoms with Crippen LogP contribution >= 0.6 is 0 Å². The first-order chi connectivity index (χ1) is 13.2. The molecule has 1 N–H and O–H groups in total. The highest BCUT2D eigenvalue weighted by Gasteiger charge is 2.34. The van der Waals surface area contributed by atoms with Crippen LogP contribution in [-0.4, -0.2) is 67.1 Å². The second-order valence-electron chi connectivity index (χ2n) is 6.45. The summed E-state index contributed by atoms with van der Waals surface area (Å²) in [7, 11) is -0.357. The number of halogens is 1. The van der Waals surface area contributed by atoms with Gasteiger partial charge in [-0.15, -0.1) is 0 Å². The molecule has 0 amide bonds. The van der Waals surface area contributed by atoms with E-state index in [2.05, 4.69) is 9.97 Å². The van der Waals surface area contributed by atoms with E-state index in [-0.39, 0.29) is 23.9 Å². The van der Waals surface area contributed by atoms with Crippen molar-refractivity contribution in [3.8, 4) is 5.88 Å². The molecule has 2 aromatic rings. The highest BCUT2D eigenvalue weighted by atomic mass is 32.2. The summed E-state index contributed by atoms with van der Waals surface area (Å²) in [5, 5.41) is 9.00. The largest absolute Gasteiger partial charge is 0.478 e. The second kappa shape index (κ2) is 7.68. The summed E-state index contributed by atoms with van der Waals surface area (Å²) in [6.07, 6.45) is 3.02. The van der Waals surface area contributed by atoms with Crippen LogP contribution in [0.4, 0.5) is 10.2 Å². The van der Waals surface area contributed by atoms with Gasteiger partial charge in [-0.25, -0.2) is 17.6 Å². The predicted octanol–water partition coefficient (Wildman–Crippen LogP) is 1.22. The molecule has 11 heteroatoms. The highest BCUT2D eigenvalue weighted by Crippen LogP contribution is 2.25. The Hall–Kier alpha value is -2.79. The quantitative estimate of drug-likeness (QED) is 0.756. The molecule has 2 heterocycles. The Morgan fingerprint density at radius 2 is 2.11 bits per heavy atom. The van der Waals surface area contributed by atoms with Gasteiger partial charge in [-0.3, -0.25) is 4.98 Å². The minimum Gasteiger partial charge on any atom is -0.478 e. The Balaban J connectivity index is 1.75. The van der Waals surface area contributed by atoms with Gasteiger partial charge in [-0.05, 0) is 24.6 Å². The minimum atomic E-state index is -3.98. The Labute approximate surface area is 161 Å². The number of hydrogen-bond donors (Lipinski definition) is 1. The third-order valence-corrected chi connectivity index (χ3v) is 6.12. The van der Waals surface area contributed by atoms with E-state index in [1.807, 2.05) is 14.1 Å². The van der Waals surface area contributed by atoms with E-state index in [1.54, 1.807) is 11.1 Å². The van der Waals surface area contributed by atoms with Crippen molar-refractivity contribution in [3.05, 3.63) is 42.0 Å². The molecule has 0 radical (unpaired) electrons. The molecule has 1 aliphatic heterocycles. The first-order valence-corrected chi connectivity index (χ1v) is 9.81. The van der Waals surface area contributed by atoms with Gasteiger partial charge in [0.05, 0.1) is 29.4 Å². The zero-order valence-electron chi connectivity index (χ0n) is 15.2. The van der Waals surface area contributed by atoms with E-state index in [0.717, 1.165) is 18.2 Å². The summed E-state index contributed by atoms with van der Waals surface area (Å²) >= 11 is 0. The number of aromatic nitrogens is 2. The minimum absolute atomic E-state index is 0.0655. The number of hydrogen-bond acceptors (Lipinski definition) is 7. The van der Waals surface area contributed by atoms with Crippen LogP contribution in [0.25, 0.3) is 0 Å². The lowest BCUT2D eigenvalue weighted by molar-refractivity contribution is 0.0691. The molecule has 1 aliphatic rings. The Morgan fingerprint density at radius 3 is 2.79 bits per heavy atom. The summed E-state index contributed by atoms with van der Waals surface area (Å²) in [5.74, 6) is -1.64. The molecule has 0 bridgehead atoms. The third kappa shape index (κ3) is 4.04. The maximum Gasteiger partial charge on any atom is 0.338 e. The molecule has 1 unspecified atom stereocenters. The Morgan fingerprint density at radius 1 is 1.36 bits per heavy atom. The number of carboxylic acid groups (broad SMARTS) is 1. The zero-order chi connectivity index (χ0) is 20.5. The van der Waals surface area contributed by atoms with Crippen LogP contribution in [0, 0.1) is 5.82 Å². The van der Waals surface area contributed by atoms with Gasteiger partial charge in [-0.2, -0.15) is 9.29 Å². The summed E-state index contributed by atoms with van der Waals surface area (Å²) in [6.45, 7) is 0.254. The van der Waals surface area contributed by atoms with Gasteiger partial charge in [0.1, 0.15) is 11.9 Å². The van der Waals surface area contributed by atoms with Crippen LogP contribution in [0.2, 0.25) is 0 Å². The van der Waals surface area contributed by atoms with Gasteiger partial charge in [0.2, 0.25) is 15.9 Å². The van der Waals surface area contributed by atoms with Crippen LogP contribution in [0.1, 0.15) is 16.8 Å². The standard InChI is InChI=1S/C17H19FN4O5S/c1-21(2)15-8-19-9-16(20-15)27-11-5-6-22(10-11)28(25,26)12-3-4-14(18)13(7-12)17(23)24/h3-4,7-9,11H,5-6,10H2,1-2H3,(H,23,24). The van der Waals surface area contributed by atoms with E-state index < -0.39 is 33.5 Å². The van der Waals surface area contributed by atoms with Crippen molar-refractivity contribution in [2.24, 2.45) is 0 Å². The second-order valence-corrected chi connectivity index (χ2v) is 8.39. The van der Waals surface area contributed by atoms with Crippen molar-refractivity contribution in [1.82, 2.24) is 14.3 Å². The van der Waals surface area contributed by atoms with Crippen LogP contribution in [0.3, 0.4) is 0 Å². The summed E-state index contributed by atoms with van der Waals surface area (Å²) in [5.41, 5.74) is -0.691. The van der Waals surface area contributed by atoms with Crippen molar-refractivity contribution >= 4 is 21.8 Å². The topological polar surface area (TPSA) is 113 Å². The molecule has 1 aromatic heterocycles. The molecule has 0 aliphatic carbocycles. The van der Waals surface area contributed by atoms with Gasteiger partial charge >= 0.3 is 5.97 Å². The predicted molar refractivity (Wildman–Crippen MR) is 97.5 cm³/mol. The van der Waals surface area contributed by atoms with Gasteiger partial charge in [0, 0.05) is 20.6 Å². The third-order valence-electron chi connectivity index (χ3n) is 4.26. The number of benzene rings is 1. The van der Waals surface area contributed by atoms with Crippen LogP contribution < -0.4 is 9.64 Å². The molecule has 0 saturated carbocycles. The maximum absolute atomic E-state index is 13.6. The van der Waals surface area contributed by atoms with E-state index in [9.17, 15) is 17.6 Å². The number of aromatic carboxylic acids is 1. The monoisotopic (exact) mass is 410 g/mol. The van der Waals surface area contributed by atoms with Crippen molar-refractivity contribution < 1.29 is 27.4 Å². The zero-order valence-corrected chi connectivity index (χ0v) is 16.1. The fourth-order valence-electron chi connectivity index (χ4n) is 2.77. The number of nitrogens with zero attached hydrogens (tertiary/aromatic N) is 4.